The summed E-state index contributed by atoms with van der Waals surface area (Å²) in [6.45, 7) is 1.74. The molecule has 0 saturated heterocycles. The first kappa shape index (κ1) is 17.0. The number of halogens is 3. The Morgan fingerprint density at radius 3 is 2.72 bits per heavy atom. The average molecular weight is 367 g/mol. The second-order valence-electron chi connectivity index (χ2n) is 7.42. The molecule has 3 atom stereocenters. The summed E-state index contributed by atoms with van der Waals surface area (Å²) in [5.41, 5.74) is -3.49. The van der Waals surface area contributed by atoms with Gasteiger partial charge in [-0.05, 0) is 49.6 Å². The van der Waals surface area contributed by atoms with E-state index in [0.717, 1.165) is 42.3 Å². The van der Waals surface area contributed by atoms with Crippen molar-refractivity contribution in [3.05, 3.63) is 36.0 Å². The highest BCUT2D eigenvalue weighted by Gasteiger charge is 2.53. The zero-order valence-corrected chi connectivity index (χ0v) is 14.8. The zero-order chi connectivity index (χ0) is 17.8. The summed E-state index contributed by atoms with van der Waals surface area (Å²) in [6.07, 6.45) is 3.83. The standard InChI is InChI=1S/C19H20F3NOS/c1-18(11-25-19(20,21)22)14-8-4-3-7-13(14)16-10-12-6-2-5-9-15(12)23(16)17(18)24/h2,5-6,9-10,13-14H,3-4,7-8,11H2,1H3. The number of hydrogen-bond acceptors (Lipinski definition) is 2. The van der Waals surface area contributed by atoms with Crippen LogP contribution in [0.3, 0.4) is 0 Å². The molecule has 3 unspecified atom stereocenters. The fraction of sp³-hybridized carbons (Fsp3) is 0.526. The van der Waals surface area contributed by atoms with Crippen LogP contribution in [-0.4, -0.2) is 21.7 Å². The van der Waals surface area contributed by atoms with E-state index in [9.17, 15) is 18.0 Å². The van der Waals surface area contributed by atoms with Gasteiger partial charge in [0.25, 0.3) is 0 Å². The van der Waals surface area contributed by atoms with Gasteiger partial charge in [0.15, 0.2) is 0 Å². The summed E-state index contributed by atoms with van der Waals surface area (Å²) in [4.78, 5) is 13.4. The van der Waals surface area contributed by atoms with Crippen LogP contribution in [0, 0.1) is 11.3 Å². The molecular weight excluding hydrogens is 347 g/mol. The summed E-state index contributed by atoms with van der Waals surface area (Å²) in [7, 11) is 0. The monoisotopic (exact) mass is 367 g/mol. The highest BCUT2D eigenvalue weighted by atomic mass is 32.2. The Balaban J connectivity index is 1.85. The molecule has 1 aromatic heterocycles. The Kier molecular flexibility index (Phi) is 3.94. The van der Waals surface area contributed by atoms with Crippen molar-refractivity contribution in [2.45, 2.75) is 44.0 Å². The molecule has 2 nitrogen and oxygen atoms in total. The summed E-state index contributed by atoms with van der Waals surface area (Å²) < 4.78 is 40.3. The normalized spacial score (nSPS) is 29.5. The lowest BCUT2D eigenvalue weighted by Crippen LogP contribution is -2.50. The van der Waals surface area contributed by atoms with E-state index < -0.39 is 10.9 Å². The molecule has 0 radical (unpaired) electrons. The third-order valence-corrected chi connectivity index (χ3v) is 7.00. The largest absolute Gasteiger partial charge is 0.441 e. The van der Waals surface area contributed by atoms with Crippen molar-refractivity contribution >= 4 is 28.6 Å². The van der Waals surface area contributed by atoms with Crippen LogP contribution < -0.4 is 0 Å². The van der Waals surface area contributed by atoms with Crippen molar-refractivity contribution in [2.24, 2.45) is 11.3 Å². The van der Waals surface area contributed by atoms with Crippen LogP contribution in [0.2, 0.25) is 0 Å². The smallest absolute Gasteiger partial charge is 0.283 e. The number of carbonyl (C=O) groups is 1. The molecule has 0 amide bonds. The quantitative estimate of drug-likeness (QED) is 0.666. The molecule has 1 aromatic carbocycles. The number of benzene rings is 1. The van der Waals surface area contributed by atoms with Crippen LogP contribution in [0.1, 0.15) is 49.0 Å². The molecule has 2 heterocycles. The predicted molar refractivity (Wildman–Crippen MR) is 93.9 cm³/mol. The Hall–Kier alpha value is -1.43. The minimum Gasteiger partial charge on any atom is -0.283 e. The van der Waals surface area contributed by atoms with Crippen molar-refractivity contribution < 1.29 is 18.0 Å². The van der Waals surface area contributed by atoms with Crippen LogP contribution >= 0.6 is 11.8 Å². The third kappa shape index (κ3) is 2.69. The van der Waals surface area contributed by atoms with Gasteiger partial charge in [0.2, 0.25) is 5.91 Å². The Bertz CT molecular complexity index is 828. The molecule has 1 saturated carbocycles. The lowest BCUT2D eigenvalue weighted by Gasteiger charge is -2.47. The van der Waals surface area contributed by atoms with Gasteiger partial charge in [-0.1, -0.05) is 31.0 Å². The first-order valence-electron chi connectivity index (χ1n) is 8.67. The molecule has 0 N–H and O–H groups in total. The number of carbonyl (C=O) groups excluding carboxylic acids is 1. The lowest BCUT2D eigenvalue weighted by molar-refractivity contribution is -0.0336. The maximum Gasteiger partial charge on any atom is 0.441 e. The van der Waals surface area contributed by atoms with Crippen molar-refractivity contribution in [1.29, 1.82) is 0 Å². The molecule has 0 spiro atoms. The number of rotatable bonds is 2. The molecule has 0 bridgehead atoms. The number of nitrogens with zero attached hydrogens (tertiary/aromatic N) is 1. The van der Waals surface area contributed by atoms with E-state index in [1.54, 1.807) is 11.5 Å². The predicted octanol–water partition coefficient (Wildman–Crippen LogP) is 5.83. The Morgan fingerprint density at radius 2 is 1.96 bits per heavy atom. The van der Waals surface area contributed by atoms with Crippen LogP contribution in [0.25, 0.3) is 10.9 Å². The third-order valence-electron chi connectivity index (χ3n) is 5.93. The topological polar surface area (TPSA) is 22.0 Å². The number of fused-ring (bicyclic) bond motifs is 5. The van der Waals surface area contributed by atoms with E-state index in [1.807, 2.05) is 24.3 Å². The van der Waals surface area contributed by atoms with Crippen molar-refractivity contribution in [3.63, 3.8) is 0 Å². The number of aromatic nitrogens is 1. The van der Waals surface area contributed by atoms with Crippen LogP contribution in [0.4, 0.5) is 13.2 Å². The van der Waals surface area contributed by atoms with E-state index in [-0.39, 0.29) is 35.3 Å². The molecule has 1 aliphatic carbocycles. The molecule has 2 aromatic rings. The summed E-state index contributed by atoms with van der Waals surface area (Å²) in [5, 5.41) is 0.989. The minimum atomic E-state index is -4.31. The van der Waals surface area contributed by atoms with E-state index in [4.69, 9.17) is 0 Å². The maximum atomic E-state index is 13.4. The molecule has 2 aliphatic rings. The molecule has 1 aliphatic heterocycles. The molecular formula is C19H20F3NOS. The summed E-state index contributed by atoms with van der Waals surface area (Å²) >= 11 is -0.0531. The van der Waals surface area contributed by atoms with Crippen LogP contribution in [0.5, 0.6) is 0 Å². The Morgan fingerprint density at radius 1 is 1.24 bits per heavy atom. The molecule has 25 heavy (non-hydrogen) atoms. The average Bonchev–Trinajstić information content (AvgIpc) is 2.97. The number of thioether (sulfide) groups is 1. The maximum absolute atomic E-state index is 13.4. The first-order valence-corrected chi connectivity index (χ1v) is 9.66. The van der Waals surface area contributed by atoms with Crippen molar-refractivity contribution in [2.75, 3.05) is 5.75 Å². The fourth-order valence-corrected chi connectivity index (χ4v) is 5.54. The van der Waals surface area contributed by atoms with E-state index in [2.05, 4.69) is 6.07 Å². The van der Waals surface area contributed by atoms with Gasteiger partial charge in [-0.15, -0.1) is 0 Å². The molecule has 134 valence electrons. The van der Waals surface area contributed by atoms with Gasteiger partial charge in [0, 0.05) is 22.8 Å². The van der Waals surface area contributed by atoms with Gasteiger partial charge in [0.05, 0.1) is 10.9 Å². The SMILES string of the molecule is CC1(CSC(F)(F)F)C(=O)n2c(cc3ccccc32)C2CCCCC21. The summed E-state index contributed by atoms with van der Waals surface area (Å²) in [6, 6.07) is 9.71. The van der Waals surface area contributed by atoms with Gasteiger partial charge in [-0.2, -0.15) is 13.2 Å². The fourth-order valence-electron chi connectivity index (χ4n) is 4.74. The van der Waals surface area contributed by atoms with E-state index >= 15 is 0 Å². The summed E-state index contributed by atoms with van der Waals surface area (Å²) in [5.74, 6) is -0.232. The van der Waals surface area contributed by atoms with Gasteiger partial charge in [-0.25, -0.2) is 0 Å². The second kappa shape index (κ2) is 5.79. The second-order valence-corrected chi connectivity index (χ2v) is 8.46. The van der Waals surface area contributed by atoms with Gasteiger partial charge >= 0.3 is 5.51 Å². The van der Waals surface area contributed by atoms with Gasteiger partial charge in [0.1, 0.15) is 0 Å². The van der Waals surface area contributed by atoms with Crippen LogP contribution in [-0.2, 0) is 0 Å². The number of para-hydroxylation sites is 1. The van der Waals surface area contributed by atoms with Crippen molar-refractivity contribution in [1.82, 2.24) is 4.57 Å². The Labute approximate surface area is 148 Å². The van der Waals surface area contributed by atoms with Crippen molar-refractivity contribution in [3.8, 4) is 0 Å². The highest BCUT2D eigenvalue weighted by molar-refractivity contribution is 8.00. The van der Waals surface area contributed by atoms with Crippen LogP contribution in [0.15, 0.2) is 30.3 Å². The minimum absolute atomic E-state index is 0.0135. The lowest BCUT2D eigenvalue weighted by atomic mass is 9.62. The molecule has 6 heteroatoms. The van der Waals surface area contributed by atoms with Gasteiger partial charge in [-0.3, -0.25) is 9.36 Å². The van der Waals surface area contributed by atoms with E-state index in [1.165, 1.54) is 0 Å². The zero-order valence-electron chi connectivity index (χ0n) is 14.0. The van der Waals surface area contributed by atoms with E-state index in [0.29, 0.717) is 0 Å². The highest BCUT2D eigenvalue weighted by Crippen LogP contribution is 2.54. The molecule has 4 rings (SSSR count). The number of hydrogen-bond donors (Lipinski definition) is 0. The molecule has 1 fully saturated rings. The first-order chi connectivity index (χ1) is 11.8. The van der Waals surface area contributed by atoms with Gasteiger partial charge < -0.3 is 0 Å². The number of alkyl halides is 3.